The molecule has 0 unspecified atom stereocenters. The number of carbonyl (C=O) groups is 1. The Morgan fingerprint density at radius 2 is 2.12 bits per heavy atom. The van der Waals surface area contributed by atoms with Gasteiger partial charge in [-0.3, -0.25) is 4.79 Å². The Morgan fingerprint density at radius 1 is 1.29 bits per heavy atom. The highest BCUT2D eigenvalue weighted by molar-refractivity contribution is 5.85. The number of aromatic hydroxyl groups is 1. The number of ketones is 1. The third-order valence-electron chi connectivity index (χ3n) is 7.23. The number of phenolic OH excluding ortho intramolecular Hbond substituents is 1. The fourth-order valence-corrected chi connectivity index (χ4v) is 5.94. The molecule has 0 spiro atoms. The van der Waals surface area contributed by atoms with Gasteiger partial charge in [-0.15, -0.1) is 6.58 Å². The summed E-state index contributed by atoms with van der Waals surface area (Å²) < 4.78 is 0. The number of aryl methyl sites for hydroxylation is 1. The van der Waals surface area contributed by atoms with Gasteiger partial charge in [-0.05, 0) is 85.5 Å². The lowest BCUT2D eigenvalue weighted by atomic mass is 9.50. The molecule has 2 saturated carbocycles. The normalized spacial score (nSPS) is 34.9. The van der Waals surface area contributed by atoms with Gasteiger partial charge in [0.05, 0.1) is 0 Å². The van der Waals surface area contributed by atoms with E-state index in [-0.39, 0.29) is 5.41 Å². The van der Waals surface area contributed by atoms with Gasteiger partial charge in [0.1, 0.15) is 11.5 Å². The summed E-state index contributed by atoms with van der Waals surface area (Å²) in [7, 11) is 0. The Kier molecular flexibility index (Phi) is 3.82. The van der Waals surface area contributed by atoms with Crippen LogP contribution >= 0.6 is 0 Å². The fraction of sp³-hybridized carbons (Fsp3) is 0.591. The van der Waals surface area contributed by atoms with Crippen LogP contribution in [0.1, 0.15) is 68.1 Å². The maximum absolute atomic E-state index is 12.6. The van der Waals surface area contributed by atoms with E-state index in [1.54, 1.807) is 0 Å². The van der Waals surface area contributed by atoms with Gasteiger partial charge in [0, 0.05) is 11.8 Å². The van der Waals surface area contributed by atoms with E-state index in [0.29, 0.717) is 29.3 Å². The molecule has 4 atom stereocenters. The SMILES string of the molecule is C=CCc1cc2c(cc1O)CC[C@@H]1[C@@H]2CC[C@]2(C)C(=O)CCC[C@@H]12. The number of benzene rings is 1. The lowest BCUT2D eigenvalue weighted by molar-refractivity contribution is -0.140. The monoisotopic (exact) mass is 324 g/mol. The minimum Gasteiger partial charge on any atom is -0.508 e. The molecule has 0 aliphatic heterocycles. The molecule has 0 bridgehead atoms. The van der Waals surface area contributed by atoms with Gasteiger partial charge in [-0.25, -0.2) is 0 Å². The van der Waals surface area contributed by atoms with E-state index in [9.17, 15) is 9.90 Å². The second-order valence-corrected chi connectivity index (χ2v) is 8.36. The Balaban J connectivity index is 1.72. The van der Waals surface area contributed by atoms with Crippen LogP contribution in [-0.2, 0) is 17.6 Å². The molecule has 0 amide bonds. The first-order valence-electron chi connectivity index (χ1n) is 9.53. The largest absolute Gasteiger partial charge is 0.508 e. The molecule has 2 fully saturated rings. The first-order chi connectivity index (χ1) is 11.5. The molecule has 0 radical (unpaired) electrons. The minimum absolute atomic E-state index is 0.0716. The summed E-state index contributed by atoms with van der Waals surface area (Å²) in [5.74, 6) is 2.70. The average molecular weight is 324 g/mol. The van der Waals surface area contributed by atoms with Gasteiger partial charge >= 0.3 is 0 Å². The standard InChI is InChI=1S/C22H28O2/c1-3-5-15-12-18-14(13-20(15)23)8-9-17-16(18)10-11-22(2)19(17)6-4-7-21(22)24/h3,12-13,16-17,19,23H,1,4-11H2,2H3/t16-,17+,19-,22-/m0/s1. The second-order valence-electron chi connectivity index (χ2n) is 8.36. The molecular weight excluding hydrogens is 296 g/mol. The molecule has 3 aliphatic carbocycles. The summed E-state index contributed by atoms with van der Waals surface area (Å²) in [5.41, 5.74) is 3.70. The summed E-state index contributed by atoms with van der Waals surface area (Å²) >= 11 is 0. The van der Waals surface area contributed by atoms with Crippen molar-refractivity contribution >= 4 is 5.78 Å². The van der Waals surface area contributed by atoms with Crippen LogP contribution in [0.5, 0.6) is 5.75 Å². The van der Waals surface area contributed by atoms with Gasteiger partial charge in [0.15, 0.2) is 0 Å². The van der Waals surface area contributed by atoms with Gasteiger partial charge in [-0.2, -0.15) is 0 Å². The topological polar surface area (TPSA) is 37.3 Å². The summed E-state index contributed by atoms with van der Waals surface area (Å²) in [5, 5.41) is 10.3. The molecule has 2 heteroatoms. The summed E-state index contributed by atoms with van der Waals surface area (Å²) in [6, 6.07) is 4.22. The molecule has 1 N–H and O–H groups in total. The van der Waals surface area contributed by atoms with Gasteiger partial charge < -0.3 is 5.11 Å². The van der Waals surface area contributed by atoms with Crippen molar-refractivity contribution in [3.8, 4) is 5.75 Å². The number of Topliss-reactive ketones (excluding diaryl/α,β-unsaturated/α-hetero) is 1. The van der Waals surface area contributed by atoms with Crippen LogP contribution in [0.3, 0.4) is 0 Å². The van der Waals surface area contributed by atoms with Crippen LogP contribution in [0.4, 0.5) is 0 Å². The third kappa shape index (κ3) is 2.26. The highest BCUT2D eigenvalue weighted by atomic mass is 16.3. The van der Waals surface area contributed by atoms with E-state index in [4.69, 9.17) is 0 Å². The van der Waals surface area contributed by atoms with E-state index < -0.39 is 0 Å². The van der Waals surface area contributed by atoms with Crippen molar-refractivity contribution in [1.29, 1.82) is 0 Å². The van der Waals surface area contributed by atoms with Gasteiger partial charge in [-0.1, -0.05) is 19.1 Å². The zero-order valence-electron chi connectivity index (χ0n) is 14.7. The smallest absolute Gasteiger partial charge is 0.139 e. The predicted octanol–water partition coefficient (Wildman–Crippen LogP) is 4.94. The fourth-order valence-electron chi connectivity index (χ4n) is 5.94. The van der Waals surface area contributed by atoms with Crippen LogP contribution in [0, 0.1) is 17.3 Å². The number of rotatable bonds is 2. The van der Waals surface area contributed by atoms with Crippen LogP contribution < -0.4 is 0 Å². The first-order valence-corrected chi connectivity index (χ1v) is 9.53. The second kappa shape index (κ2) is 5.75. The Bertz CT molecular complexity index is 689. The van der Waals surface area contributed by atoms with E-state index in [1.165, 1.54) is 24.0 Å². The first kappa shape index (κ1) is 15.9. The van der Waals surface area contributed by atoms with Crippen molar-refractivity contribution in [1.82, 2.24) is 0 Å². The Labute approximate surface area is 145 Å². The number of phenols is 1. The van der Waals surface area contributed by atoms with E-state index in [0.717, 1.165) is 44.1 Å². The van der Waals surface area contributed by atoms with Crippen molar-refractivity contribution in [3.05, 3.63) is 41.5 Å². The minimum atomic E-state index is -0.0716. The quantitative estimate of drug-likeness (QED) is 0.783. The van der Waals surface area contributed by atoms with Crippen molar-refractivity contribution < 1.29 is 9.90 Å². The molecule has 0 saturated heterocycles. The van der Waals surface area contributed by atoms with Crippen LogP contribution in [0.15, 0.2) is 24.8 Å². The molecule has 1 aromatic carbocycles. The molecule has 128 valence electrons. The average Bonchev–Trinajstić information content (AvgIpc) is 2.56. The molecule has 1 aromatic rings. The predicted molar refractivity (Wildman–Crippen MR) is 96.2 cm³/mol. The Hall–Kier alpha value is -1.57. The molecule has 2 nitrogen and oxygen atoms in total. The van der Waals surface area contributed by atoms with E-state index in [1.807, 2.05) is 12.1 Å². The molecule has 4 rings (SSSR count). The van der Waals surface area contributed by atoms with E-state index in [2.05, 4.69) is 19.6 Å². The summed E-state index contributed by atoms with van der Waals surface area (Å²) in [6.07, 6.45) is 10.0. The number of hydrogen-bond acceptors (Lipinski definition) is 2. The van der Waals surface area contributed by atoms with Crippen LogP contribution in [-0.4, -0.2) is 10.9 Å². The van der Waals surface area contributed by atoms with Gasteiger partial charge in [0.25, 0.3) is 0 Å². The zero-order valence-corrected chi connectivity index (χ0v) is 14.7. The lowest BCUT2D eigenvalue weighted by Crippen LogP contribution is -2.49. The van der Waals surface area contributed by atoms with Crippen molar-refractivity contribution in [3.63, 3.8) is 0 Å². The zero-order chi connectivity index (χ0) is 16.9. The van der Waals surface area contributed by atoms with Crippen LogP contribution in [0.25, 0.3) is 0 Å². The molecule has 0 aromatic heterocycles. The lowest BCUT2D eigenvalue weighted by Gasteiger charge is -2.53. The summed E-state index contributed by atoms with van der Waals surface area (Å²) in [4.78, 5) is 12.6. The maximum atomic E-state index is 12.6. The highest BCUT2D eigenvalue weighted by Gasteiger charge is 2.52. The molecular formula is C22H28O2. The van der Waals surface area contributed by atoms with Gasteiger partial charge in [0.2, 0.25) is 0 Å². The van der Waals surface area contributed by atoms with Crippen molar-refractivity contribution in [2.75, 3.05) is 0 Å². The number of allylic oxidation sites excluding steroid dienone is 1. The van der Waals surface area contributed by atoms with E-state index >= 15 is 0 Å². The Morgan fingerprint density at radius 3 is 2.92 bits per heavy atom. The molecule has 24 heavy (non-hydrogen) atoms. The van der Waals surface area contributed by atoms with Crippen LogP contribution in [0.2, 0.25) is 0 Å². The summed E-state index contributed by atoms with van der Waals surface area (Å²) in [6.45, 7) is 6.05. The number of fused-ring (bicyclic) bond motifs is 5. The number of hydrogen-bond donors (Lipinski definition) is 1. The highest BCUT2D eigenvalue weighted by Crippen LogP contribution is 2.58. The third-order valence-corrected chi connectivity index (χ3v) is 7.23. The van der Waals surface area contributed by atoms with Crippen molar-refractivity contribution in [2.45, 2.75) is 64.2 Å². The molecule has 0 heterocycles. The number of carbonyl (C=O) groups excluding carboxylic acids is 1. The maximum Gasteiger partial charge on any atom is 0.139 e. The van der Waals surface area contributed by atoms with Crippen molar-refractivity contribution in [2.24, 2.45) is 17.3 Å². The molecule has 3 aliphatic rings.